The molecule has 1 saturated carbocycles. The second-order valence-corrected chi connectivity index (χ2v) is 7.08. The van der Waals surface area contributed by atoms with E-state index in [9.17, 15) is 4.79 Å². The highest BCUT2D eigenvalue weighted by molar-refractivity contribution is 5.68. The second kappa shape index (κ2) is 8.59. The summed E-state index contributed by atoms with van der Waals surface area (Å²) in [6.07, 6.45) is 4.24. The maximum atomic E-state index is 11.8. The van der Waals surface area contributed by atoms with Crippen molar-refractivity contribution in [1.29, 1.82) is 0 Å². The minimum absolute atomic E-state index is 0.206. The average molecular weight is 300 g/mol. The van der Waals surface area contributed by atoms with Crippen molar-refractivity contribution in [3.63, 3.8) is 0 Å². The lowest BCUT2D eigenvalue weighted by Gasteiger charge is -2.31. The van der Waals surface area contributed by atoms with Gasteiger partial charge in [0.2, 0.25) is 0 Å². The van der Waals surface area contributed by atoms with E-state index in [1.165, 1.54) is 0 Å². The average Bonchev–Trinajstić information content (AvgIpc) is 2.32. The number of hydrogen-bond donors (Lipinski definition) is 2. The van der Waals surface area contributed by atoms with Gasteiger partial charge < -0.3 is 20.1 Å². The molecule has 0 aliphatic heterocycles. The van der Waals surface area contributed by atoms with Crippen LogP contribution < -0.4 is 10.6 Å². The maximum absolute atomic E-state index is 11.8. The van der Waals surface area contributed by atoms with Crippen LogP contribution in [0.3, 0.4) is 0 Å². The Labute approximate surface area is 129 Å². The van der Waals surface area contributed by atoms with Crippen molar-refractivity contribution in [3.8, 4) is 0 Å². The van der Waals surface area contributed by atoms with Crippen LogP contribution in [-0.4, -0.2) is 43.0 Å². The van der Waals surface area contributed by atoms with Gasteiger partial charge in [-0.05, 0) is 60.3 Å². The largest absolute Gasteiger partial charge is 0.444 e. The van der Waals surface area contributed by atoms with Crippen molar-refractivity contribution in [1.82, 2.24) is 10.6 Å². The molecule has 1 rings (SSSR count). The highest BCUT2D eigenvalue weighted by Crippen LogP contribution is 2.19. The second-order valence-electron chi connectivity index (χ2n) is 7.08. The van der Waals surface area contributed by atoms with Gasteiger partial charge in [0.1, 0.15) is 5.60 Å². The van der Waals surface area contributed by atoms with Crippen molar-refractivity contribution < 1.29 is 14.3 Å². The van der Waals surface area contributed by atoms with Gasteiger partial charge in [-0.25, -0.2) is 4.79 Å². The number of rotatable bonds is 6. The van der Waals surface area contributed by atoms with Crippen LogP contribution in [0.4, 0.5) is 4.79 Å². The molecule has 0 aromatic rings. The summed E-state index contributed by atoms with van der Waals surface area (Å²) >= 11 is 0. The summed E-state index contributed by atoms with van der Waals surface area (Å²) in [4.78, 5) is 11.8. The van der Waals surface area contributed by atoms with Crippen LogP contribution in [-0.2, 0) is 9.47 Å². The van der Waals surface area contributed by atoms with Crippen LogP contribution in [0.15, 0.2) is 0 Å². The molecule has 1 fully saturated rings. The normalized spacial score (nSPS) is 23.1. The Morgan fingerprint density at radius 2 is 1.90 bits per heavy atom. The molecule has 1 amide bonds. The van der Waals surface area contributed by atoms with E-state index in [0.29, 0.717) is 6.04 Å². The van der Waals surface area contributed by atoms with Gasteiger partial charge in [-0.15, -0.1) is 0 Å². The van der Waals surface area contributed by atoms with Crippen LogP contribution in [0.1, 0.15) is 60.3 Å². The molecule has 0 saturated heterocycles. The monoisotopic (exact) mass is 300 g/mol. The van der Waals surface area contributed by atoms with Gasteiger partial charge in [0.05, 0.1) is 12.7 Å². The minimum atomic E-state index is -0.440. The summed E-state index contributed by atoms with van der Waals surface area (Å²) in [5.74, 6) is 0. The van der Waals surface area contributed by atoms with Crippen molar-refractivity contribution in [3.05, 3.63) is 0 Å². The molecule has 0 bridgehead atoms. The minimum Gasteiger partial charge on any atom is -0.444 e. The summed E-state index contributed by atoms with van der Waals surface area (Å²) in [5.41, 5.74) is -0.440. The Hall–Kier alpha value is -0.810. The third-order valence-electron chi connectivity index (χ3n) is 3.38. The summed E-state index contributed by atoms with van der Waals surface area (Å²) in [6, 6.07) is 0.659. The molecule has 1 aliphatic rings. The SMILES string of the molecule is CC(C)OCCNC1CCCC(NC(=O)OC(C)(C)C)C1. The topological polar surface area (TPSA) is 59.6 Å². The van der Waals surface area contributed by atoms with E-state index in [0.717, 1.165) is 38.8 Å². The number of carbonyl (C=O) groups excluding carboxylic acids is 1. The van der Waals surface area contributed by atoms with Crippen molar-refractivity contribution >= 4 is 6.09 Å². The summed E-state index contributed by atoms with van der Waals surface area (Å²) < 4.78 is 10.8. The third kappa shape index (κ3) is 8.94. The molecule has 5 heteroatoms. The lowest BCUT2D eigenvalue weighted by atomic mass is 9.91. The maximum Gasteiger partial charge on any atom is 0.407 e. The molecule has 0 heterocycles. The Kier molecular flexibility index (Phi) is 7.46. The number of amides is 1. The Morgan fingerprint density at radius 3 is 2.52 bits per heavy atom. The van der Waals surface area contributed by atoms with Gasteiger partial charge in [-0.2, -0.15) is 0 Å². The molecule has 0 radical (unpaired) electrons. The van der Waals surface area contributed by atoms with Crippen molar-refractivity contribution in [2.45, 2.75) is 84.1 Å². The number of ether oxygens (including phenoxy) is 2. The highest BCUT2D eigenvalue weighted by atomic mass is 16.6. The quantitative estimate of drug-likeness (QED) is 0.741. The van der Waals surface area contributed by atoms with E-state index in [1.54, 1.807) is 0 Å². The first kappa shape index (κ1) is 18.2. The molecular formula is C16H32N2O3. The molecule has 124 valence electrons. The fourth-order valence-electron chi connectivity index (χ4n) is 2.54. The van der Waals surface area contributed by atoms with E-state index in [1.807, 2.05) is 34.6 Å². The first-order chi connectivity index (χ1) is 9.76. The molecule has 0 aromatic carbocycles. The number of hydrogen-bond acceptors (Lipinski definition) is 4. The Bertz CT molecular complexity index is 313. The fourth-order valence-corrected chi connectivity index (χ4v) is 2.54. The smallest absolute Gasteiger partial charge is 0.407 e. The van der Waals surface area contributed by atoms with Crippen LogP contribution in [0.2, 0.25) is 0 Å². The van der Waals surface area contributed by atoms with Gasteiger partial charge >= 0.3 is 6.09 Å². The van der Waals surface area contributed by atoms with Gasteiger partial charge in [-0.3, -0.25) is 0 Å². The van der Waals surface area contributed by atoms with E-state index < -0.39 is 5.60 Å². The predicted molar refractivity (Wildman–Crippen MR) is 84.5 cm³/mol. The van der Waals surface area contributed by atoms with E-state index in [4.69, 9.17) is 9.47 Å². The lowest BCUT2D eigenvalue weighted by molar-refractivity contribution is 0.0485. The molecule has 21 heavy (non-hydrogen) atoms. The van der Waals surface area contributed by atoms with Crippen molar-refractivity contribution in [2.75, 3.05) is 13.2 Å². The molecule has 0 aromatic heterocycles. The molecular weight excluding hydrogens is 268 g/mol. The van der Waals surface area contributed by atoms with Crippen LogP contribution >= 0.6 is 0 Å². The van der Waals surface area contributed by atoms with E-state index >= 15 is 0 Å². The van der Waals surface area contributed by atoms with Gasteiger partial charge in [0.25, 0.3) is 0 Å². The van der Waals surface area contributed by atoms with Crippen LogP contribution in [0.5, 0.6) is 0 Å². The first-order valence-corrected chi connectivity index (χ1v) is 8.11. The zero-order valence-electron chi connectivity index (χ0n) is 14.2. The van der Waals surface area contributed by atoms with E-state index in [-0.39, 0.29) is 18.2 Å². The van der Waals surface area contributed by atoms with Crippen LogP contribution in [0, 0.1) is 0 Å². The number of alkyl carbamates (subject to hydrolysis) is 1. The molecule has 0 spiro atoms. The zero-order chi connectivity index (χ0) is 15.9. The zero-order valence-corrected chi connectivity index (χ0v) is 14.2. The third-order valence-corrected chi connectivity index (χ3v) is 3.38. The van der Waals surface area contributed by atoms with Gasteiger partial charge in [0.15, 0.2) is 0 Å². The molecule has 2 atom stereocenters. The molecule has 1 aliphatic carbocycles. The summed E-state index contributed by atoms with van der Waals surface area (Å²) in [5, 5.41) is 6.49. The standard InChI is InChI=1S/C16H32N2O3/c1-12(2)20-10-9-17-13-7-6-8-14(11-13)18-15(19)21-16(3,4)5/h12-14,17H,6-11H2,1-5H3,(H,18,19). The number of carbonyl (C=O) groups is 1. The van der Waals surface area contributed by atoms with Gasteiger partial charge in [-0.1, -0.05) is 0 Å². The highest BCUT2D eigenvalue weighted by Gasteiger charge is 2.25. The molecule has 2 unspecified atom stereocenters. The summed E-state index contributed by atoms with van der Waals surface area (Å²) in [6.45, 7) is 11.3. The Morgan fingerprint density at radius 1 is 1.24 bits per heavy atom. The number of nitrogens with one attached hydrogen (secondary N) is 2. The van der Waals surface area contributed by atoms with E-state index in [2.05, 4.69) is 10.6 Å². The van der Waals surface area contributed by atoms with Crippen molar-refractivity contribution in [2.24, 2.45) is 0 Å². The first-order valence-electron chi connectivity index (χ1n) is 8.11. The van der Waals surface area contributed by atoms with Gasteiger partial charge in [0, 0.05) is 18.6 Å². The predicted octanol–water partition coefficient (Wildman–Crippen LogP) is 2.84. The summed E-state index contributed by atoms with van der Waals surface area (Å²) in [7, 11) is 0. The Balaban J connectivity index is 2.24. The van der Waals surface area contributed by atoms with Crippen LogP contribution in [0.25, 0.3) is 0 Å². The molecule has 2 N–H and O–H groups in total. The molecule has 5 nitrogen and oxygen atoms in total. The fraction of sp³-hybridized carbons (Fsp3) is 0.938. The lowest BCUT2D eigenvalue weighted by Crippen LogP contribution is -2.46.